The van der Waals surface area contributed by atoms with Crippen LogP contribution in [0.15, 0.2) is 41.5 Å². The highest BCUT2D eigenvalue weighted by molar-refractivity contribution is 6.00. The van der Waals surface area contributed by atoms with E-state index in [-0.39, 0.29) is 65.4 Å². The maximum atomic E-state index is 13.7. The SMILES string of the molecule is CCOc1cc(-c2ncc(NC(=O)Nc3ccc(C(C)(C)CN)c(C(F)(F)F)c3)c(C)n2)c[nH]c1=O.Cl.Cl. The molecule has 5 N–H and O–H groups in total. The maximum absolute atomic E-state index is 13.7. The van der Waals surface area contributed by atoms with E-state index in [4.69, 9.17) is 10.5 Å². The number of halogens is 5. The Bertz CT molecular complexity index is 1330. The van der Waals surface area contributed by atoms with E-state index in [1.807, 2.05) is 0 Å². The first-order valence-electron chi connectivity index (χ1n) is 11.0. The van der Waals surface area contributed by atoms with Gasteiger partial charge >= 0.3 is 12.2 Å². The van der Waals surface area contributed by atoms with Crippen LogP contribution in [0.4, 0.5) is 29.3 Å². The third-order valence-corrected chi connectivity index (χ3v) is 5.48. The summed E-state index contributed by atoms with van der Waals surface area (Å²) in [6.07, 6.45) is -1.83. The fourth-order valence-electron chi connectivity index (χ4n) is 3.42. The number of aromatic amines is 1. The molecule has 0 radical (unpaired) electrons. The van der Waals surface area contributed by atoms with Crippen molar-refractivity contribution in [1.82, 2.24) is 15.0 Å². The van der Waals surface area contributed by atoms with Gasteiger partial charge < -0.3 is 26.1 Å². The molecule has 0 bridgehead atoms. The summed E-state index contributed by atoms with van der Waals surface area (Å²) in [6, 6.07) is 4.32. The van der Waals surface area contributed by atoms with Gasteiger partial charge in [0.1, 0.15) is 0 Å². The molecule has 14 heteroatoms. The average Bonchev–Trinajstić information content (AvgIpc) is 2.81. The van der Waals surface area contributed by atoms with Gasteiger partial charge in [-0.2, -0.15) is 13.2 Å². The minimum atomic E-state index is -4.63. The minimum absolute atomic E-state index is 0. The monoisotopic (exact) mass is 576 g/mol. The molecule has 0 spiro atoms. The molecular formula is C24H29Cl2F3N6O3. The predicted octanol–water partition coefficient (Wildman–Crippen LogP) is 5.28. The lowest BCUT2D eigenvalue weighted by molar-refractivity contribution is -0.138. The number of nitrogens with two attached hydrogens (primary N) is 1. The Kier molecular flexibility index (Phi) is 11.1. The summed E-state index contributed by atoms with van der Waals surface area (Å²) < 4.78 is 46.3. The van der Waals surface area contributed by atoms with Gasteiger partial charge in [-0.1, -0.05) is 19.9 Å². The van der Waals surface area contributed by atoms with E-state index < -0.39 is 23.2 Å². The number of hydrogen-bond acceptors (Lipinski definition) is 6. The smallest absolute Gasteiger partial charge is 0.416 e. The summed E-state index contributed by atoms with van der Waals surface area (Å²) in [5.74, 6) is 0.403. The number of hydrogen-bond donors (Lipinski definition) is 4. The quantitative estimate of drug-likeness (QED) is 0.302. The van der Waals surface area contributed by atoms with Gasteiger partial charge in [0.15, 0.2) is 11.6 Å². The zero-order chi connectivity index (χ0) is 26.7. The number of rotatable bonds is 7. The molecular weight excluding hydrogens is 548 g/mol. The van der Waals surface area contributed by atoms with Crippen molar-refractivity contribution in [2.75, 3.05) is 23.8 Å². The highest BCUT2D eigenvalue weighted by atomic mass is 35.5. The molecule has 3 rings (SSSR count). The number of alkyl halides is 3. The summed E-state index contributed by atoms with van der Waals surface area (Å²) in [7, 11) is 0. The molecule has 3 aromatic rings. The van der Waals surface area contributed by atoms with Crippen LogP contribution in [0.3, 0.4) is 0 Å². The van der Waals surface area contributed by atoms with E-state index in [1.54, 1.807) is 27.7 Å². The molecule has 0 fully saturated rings. The summed E-state index contributed by atoms with van der Waals surface area (Å²) in [4.78, 5) is 35.4. The van der Waals surface area contributed by atoms with Crippen molar-refractivity contribution in [3.8, 4) is 17.1 Å². The van der Waals surface area contributed by atoms with Crippen LogP contribution in [0.2, 0.25) is 0 Å². The number of ether oxygens (including phenoxy) is 1. The first-order chi connectivity index (χ1) is 16.9. The number of nitrogens with one attached hydrogen (secondary N) is 3. The number of aryl methyl sites for hydroxylation is 1. The number of urea groups is 1. The standard InChI is InChI=1S/C24H27F3N6O3.2ClH/c1-5-36-19-8-14(10-30-21(19)34)20-29-11-18(13(2)31-20)33-22(35)32-15-6-7-16(23(3,4)12-28)17(9-15)24(25,26)27;;/h6-11H,5,12,28H2,1-4H3,(H,30,34)(H2,32,33,35);2*1H. The molecule has 0 aliphatic heterocycles. The lowest BCUT2D eigenvalue weighted by Crippen LogP contribution is -2.31. The topological polar surface area (TPSA) is 135 Å². The highest BCUT2D eigenvalue weighted by Crippen LogP contribution is 2.38. The molecule has 9 nitrogen and oxygen atoms in total. The first kappa shape index (κ1) is 32.7. The third kappa shape index (κ3) is 7.59. The Labute approximate surface area is 229 Å². The van der Waals surface area contributed by atoms with E-state index in [9.17, 15) is 22.8 Å². The second-order valence-corrected chi connectivity index (χ2v) is 8.63. The number of anilines is 2. The fourth-order valence-corrected chi connectivity index (χ4v) is 3.42. The number of carbonyl (C=O) groups is 1. The summed E-state index contributed by atoms with van der Waals surface area (Å²) >= 11 is 0. The second-order valence-electron chi connectivity index (χ2n) is 8.63. The molecule has 0 saturated carbocycles. The molecule has 1 aromatic carbocycles. The Morgan fingerprint density at radius 2 is 1.82 bits per heavy atom. The number of carbonyl (C=O) groups excluding carboxylic acids is 1. The van der Waals surface area contributed by atoms with Gasteiger partial charge in [0.05, 0.1) is 29.7 Å². The van der Waals surface area contributed by atoms with Crippen molar-refractivity contribution >= 4 is 42.2 Å². The van der Waals surface area contributed by atoms with Crippen molar-refractivity contribution in [2.45, 2.75) is 39.3 Å². The predicted molar refractivity (Wildman–Crippen MR) is 145 cm³/mol. The summed E-state index contributed by atoms with van der Waals surface area (Å²) in [6.45, 7) is 6.94. The molecule has 38 heavy (non-hydrogen) atoms. The number of H-pyrrole nitrogens is 1. The van der Waals surface area contributed by atoms with Crippen LogP contribution in [0.5, 0.6) is 5.75 Å². The van der Waals surface area contributed by atoms with Gasteiger partial charge in [0, 0.05) is 29.4 Å². The van der Waals surface area contributed by atoms with Gasteiger partial charge in [-0.3, -0.25) is 4.79 Å². The van der Waals surface area contributed by atoms with Crippen LogP contribution >= 0.6 is 24.8 Å². The van der Waals surface area contributed by atoms with Crippen molar-refractivity contribution < 1.29 is 22.7 Å². The zero-order valence-electron chi connectivity index (χ0n) is 21.0. The molecule has 0 aliphatic carbocycles. The number of amides is 2. The molecule has 2 amide bonds. The lowest BCUT2D eigenvalue weighted by Gasteiger charge is -2.27. The van der Waals surface area contributed by atoms with Crippen LogP contribution in [0.1, 0.15) is 37.6 Å². The Morgan fingerprint density at radius 3 is 2.39 bits per heavy atom. The van der Waals surface area contributed by atoms with Gasteiger partial charge in [0.2, 0.25) is 0 Å². The van der Waals surface area contributed by atoms with Crippen LogP contribution in [0.25, 0.3) is 11.4 Å². The molecule has 0 atom stereocenters. The summed E-state index contributed by atoms with van der Waals surface area (Å²) in [5, 5.41) is 4.94. The largest absolute Gasteiger partial charge is 0.488 e. The lowest BCUT2D eigenvalue weighted by atomic mass is 9.81. The van der Waals surface area contributed by atoms with Gasteiger partial charge in [-0.15, -0.1) is 24.8 Å². The Morgan fingerprint density at radius 1 is 1.13 bits per heavy atom. The van der Waals surface area contributed by atoms with Crippen LogP contribution in [-0.2, 0) is 11.6 Å². The van der Waals surface area contributed by atoms with E-state index in [2.05, 4.69) is 25.6 Å². The zero-order valence-corrected chi connectivity index (χ0v) is 22.7. The highest BCUT2D eigenvalue weighted by Gasteiger charge is 2.37. The van der Waals surface area contributed by atoms with Crippen LogP contribution < -0.4 is 26.7 Å². The van der Waals surface area contributed by atoms with E-state index in [1.165, 1.54) is 30.6 Å². The molecule has 0 aliphatic rings. The maximum Gasteiger partial charge on any atom is 0.416 e. The van der Waals surface area contributed by atoms with Gasteiger partial charge in [-0.25, -0.2) is 14.8 Å². The number of benzene rings is 1. The normalized spacial score (nSPS) is 11.2. The molecule has 0 unspecified atom stereocenters. The van der Waals surface area contributed by atoms with E-state index >= 15 is 0 Å². The van der Waals surface area contributed by atoms with Crippen LogP contribution in [-0.4, -0.2) is 34.1 Å². The Balaban J connectivity index is 0.00000361. The minimum Gasteiger partial charge on any atom is -0.488 e. The fraction of sp³-hybridized carbons (Fsp3) is 0.333. The van der Waals surface area contributed by atoms with Crippen molar-refractivity contribution in [2.24, 2.45) is 5.73 Å². The number of pyridine rings is 1. The number of aromatic nitrogens is 3. The average molecular weight is 577 g/mol. The summed E-state index contributed by atoms with van der Waals surface area (Å²) in [5.41, 5.74) is 4.65. The van der Waals surface area contributed by atoms with Gasteiger partial charge in [-0.05, 0) is 37.6 Å². The molecule has 2 heterocycles. The van der Waals surface area contributed by atoms with Crippen molar-refractivity contribution in [3.05, 3.63) is 63.8 Å². The molecule has 2 aromatic heterocycles. The molecule has 0 saturated heterocycles. The van der Waals surface area contributed by atoms with Gasteiger partial charge in [0.25, 0.3) is 5.56 Å². The van der Waals surface area contributed by atoms with E-state index in [0.717, 1.165) is 6.07 Å². The van der Waals surface area contributed by atoms with Crippen molar-refractivity contribution in [1.29, 1.82) is 0 Å². The Hall–Kier alpha value is -3.35. The third-order valence-electron chi connectivity index (χ3n) is 5.48. The van der Waals surface area contributed by atoms with Crippen molar-refractivity contribution in [3.63, 3.8) is 0 Å². The van der Waals surface area contributed by atoms with E-state index in [0.29, 0.717) is 17.9 Å². The first-order valence-corrected chi connectivity index (χ1v) is 11.0. The second kappa shape index (κ2) is 12.9. The number of nitrogens with zero attached hydrogens (tertiary/aromatic N) is 2. The molecule has 208 valence electrons. The van der Waals surface area contributed by atoms with Crippen LogP contribution in [0, 0.1) is 6.92 Å².